The number of carbonyl (C=O) groups excluding carboxylic acids is 2. The van der Waals surface area contributed by atoms with Crippen LogP contribution in [0.1, 0.15) is 18.4 Å². The molecule has 0 spiro atoms. The number of anilines is 2. The highest BCUT2D eigenvalue weighted by Gasteiger charge is 2.43. The molecule has 1 saturated heterocycles. The number of esters is 1. The average Bonchev–Trinajstić information content (AvgIpc) is 2.78. The van der Waals surface area contributed by atoms with Crippen LogP contribution >= 0.6 is 0 Å². The largest absolute Gasteiger partial charge is 0.491 e. The van der Waals surface area contributed by atoms with E-state index in [2.05, 4.69) is 20.7 Å². The molecule has 2 aromatic rings. The fraction of sp³-hybridized carbons (Fsp3) is 0.364. The third kappa shape index (κ3) is 6.56. The first kappa shape index (κ1) is 25.2. The summed E-state index contributed by atoms with van der Waals surface area (Å²) < 4.78 is 75.1. The second-order valence-electron chi connectivity index (χ2n) is 7.54. The summed E-state index contributed by atoms with van der Waals surface area (Å²) in [5, 5.41) is 7.76. The maximum atomic E-state index is 13.5. The van der Waals surface area contributed by atoms with E-state index in [0.29, 0.717) is 23.4 Å². The van der Waals surface area contributed by atoms with E-state index in [-0.39, 0.29) is 17.5 Å². The number of halogens is 5. The van der Waals surface area contributed by atoms with E-state index < -0.39 is 35.9 Å². The SMILES string of the molecule is Cc1c(NC(=O)C(Nc2ccc(F)c(F)c2)OC(=O)C(F)(F)F)cccc1OC1CCNCC1. The number of amides is 1. The lowest BCUT2D eigenvalue weighted by molar-refractivity contribution is -0.203. The van der Waals surface area contributed by atoms with Gasteiger partial charge in [-0.3, -0.25) is 4.79 Å². The molecule has 1 amide bonds. The monoisotopic (exact) mass is 487 g/mol. The lowest BCUT2D eigenvalue weighted by Gasteiger charge is -2.25. The van der Waals surface area contributed by atoms with Gasteiger partial charge in [0.2, 0.25) is 0 Å². The molecule has 34 heavy (non-hydrogen) atoms. The first-order valence-electron chi connectivity index (χ1n) is 10.3. The highest BCUT2D eigenvalue weighted by Crippen LogP contribution is 2.28. The molecule has 3 rings (SSSR count). The number of hydrogen-bond donors (Lipinski definition) is 3. The second-order valence-corrected chi connectivity index (χ2v) is 7.54. The molecule has 1 heterocycles. The van der Waals surface area contributed by atoms with Crippen molar-refractivity contribution in [3.8, 4) is 5.75 Å². The maximum absolute atomic E-state index is 13.5. The van der Waals surface area contributed by atoms with Crippen LogP contribution in [0.4, 0.5) is 33.3 Å². The lowest BCUT2D eigenvalue weighted by Crippen LogP contribution is -2.42. The topological polar surface area (TPSA) is 88.7 Å². The summed E-state index contributed by atoms with van der Waals surface area (Å²) in [5.41, 5.74) is 0.424. The lowest BCUT2D eigenvalue weighted by atomic mass is 10.1. The molecule has 7 nitrogen and oxygen atoms in total. The third-order valence-electron chi connectivity index (χ3n) is 5.03. The van der Waals surface area contributed by atoms with E-state index in [4.69, 9.17) is 4.74 Å². The molecule has 2 aromatic carbocycles. The highest BCUT2D eigenvalue weighted by molar-refractivity contribution is 5.97. The van der Waals surface area contributed by atoms with E-state index in [0.717, 1.165) is 32.0 Å². The van der Waals surface area contributed by atoms with Gasteiger partial charge < -0.3 is 25.4 Å². The molecule has 3 N–H and O–H groups in total. The van der Waals surface area contributed by atoms with Gasteiger partial charge in [0.1, 0.15) is 11.9 Å². The van der Waals surface area contributed by atoms with Gasteiger partial charge in [0.25, 0.3) is 12.1 Å². The van der Waals surface area contributed by atoms with Crippen LogP contribution in [0.2, 0.25) is 0 Å². The normalized spacial score (nSPS) is 15.4. The molecule has 1 aliphatic heterocycles. The van der Waals surface area contributed by atoms with Crippen LogP contribution in [0.3, 0.4) is 0 Å². The third-order valence-corrected chi connectivity index (χ3v) is 5.03. The second kappa shape index (κ2) is 10.7. The minimum atomic E-state index is -5.38. The van der Waals surface area contributed by atoms with Crippen molar-refractivity contribution in [1.82, 2.24) is 5.32 Å². The van der Waals surface area contributed by atoms with Gasteiger partial charge in [-0.1, -0.05) is 6.07 Å². The van der Waals surface area contributed by atoms with E-state index >= 15 is 0 Å². The van der Waals surface area contributed by atoms with Crippen molar-refractivity contribution in [2.24, 2.45) is 0 Å². The Morgan fingerprint density at radius 1 is 1.09 bits per heavy atom. The van der Waals surface area contributed by atoms with Crippen LogP contribution in [0.15, 0.2) is 36.4 Å². The number of ether oxygens (including phenoxy) is 2. The van der Waals surface area contributed by atoms with E-state index in [9.17, 15) is 31.5 Å². The van der Waals surface area contributed by atoms with Crippen molar-refractivity contribution >= 4 is 23.3 Å². The van der Waals surface area contributed by atoms with Crippen molar-refractivity contribution in [3.63, 3.8) is 0 Å². The highest BCUT2D eigenvalue weighted by atomic mass is 19.4. The first-order valence-corrected chi connectivity index (χ1v) is 10.3. The smallest absolute Gasteiger partial charge is 0.490 e. The van der Waals surface area contributed by atoms with Crippen LogP contribution in [0, 0.1) is 18.6 Å². The predicted octanol–water partition coefficient (Wildman–Crippen LogP) is 3.89. The number of nitrogens with one attached hydrogen (secondary N) is 3. The van der Waals surface area contributed by atoms with E-state index in [1.807, 2.05) is 0 Å². The zero-order valence-corrected chi connectivity index (χ0v) is 18.0. The van der Waals surface area contributed by atoms with Crippen LogP contribution in [-0.4, -0.2) is 43.5 Å². The Labute approximate surface area is 191 Å². The summed E-state index contributed by atoms with van der Waals surface area (Å²) in [4.78, 5) is 24.1. The molecule has 0 radical (unpaired) electrons. The zero-order chi connectivity index (χ0) is 24.9. The van der Waals surface area contributed by atoms with Gasteiger partial charge in [0.05, 0.1) is 0 Å². The van der Waals surface area contributed by atoms with Crippen LogP contribution in [0.5, 0.6) is 5.75 Å². The Hall–Kier alpha value is -3.41. The summed E-state index contributed by atoms with van der Waals surface area (Å²) in [6, 6.07) is 7.04. The van der Waals surface area contributed by atoms with Crippen LogP contribution in [-0.2, 0) is 14.3 Å². The van der Waals surface area contributed by atoms with Crippen molar-refractivity contribution < 1.29 is 41.0 Å². The van der Waals surface area contributed by atoms with Crippen LogP contribution < -0.4 is 20.7 Å². The Bertz CT molecular complexity index is 1040. The summed E-state index contributed by atoms with van der Waals surface area (Å²) >= 11 is 0. The molecule has 1 fully saturated rings. The molecule has 1 unspecified atom stereocenters. The van der Waals surface area contributed by atoms with Gasteiger partial charge in [-0.15, -0.1) is 0 Å². The van der Waals surface area contributed by atoms with Crippen molar-refractivity contribution in [2.45, 2.75) is 38.3 Å². The molecule has 12 heteroatoms. The predicted molar refractivity (Wildman–Crippen MR) is 112 cm³/mol. The number of benzene rings is 2. The van der Waals surface area contributed by atoms with Gasteiger partial charge in [0, 0.05) is 23.0 Å². The quantitative estimate of drug-likeness (QED) is 0.312. The molecule has 184 valence electrons. The Balaban J connectivity index is 1.79. The fourth-order valence-corrected chi connectivity index (χ4v) is 3.23. The number of alkyl halides is 3. The van der Waals surface area contributed by atoms with Crippen molar-refractivity contribution in [2.75, 3.05) is 23.7 Å². The van der Waals surface area contributed by atoms with Gasteiger partial charge in [0.15, 0.2) is 11.6 Å². The molecule has 0 bridgehead atoms. The summed E-state index contributed by atoms with van der Waals surface area (Å²) in [6.45, 7) is 3.23. The van der Waals surface area contributed by atoms with Crippen LogP contribution in [0.25, 0.3) is 0 Å². The Morgan fingerprint density at radius 3 is 2.44 bits per heavy atom. The van der Waals surface area contributed by atoms with Gasteiger partial charge in [-0.2, -0.15) is 13.2 Å². The molecular weight excluding hydrogens is 465 g/mol. The van der Waals surface area contributed by atoms with Crippen molar-refractivity contribution in [1.29, 1.82) is 0 Å². The number of hydrogen-bond acceptors (Lipinski definition) is 6. The average molecular weight is 487 g/mol. The molecule has 0 aromatic heterocycles. The number of piperidine rings is 1. The van der Waals surface area contributed by atoms with E-state index in [1.165, 1.54) is 6.07 Å². The molecule has 0 aliphatic carbocycles. The van der Waals surface area contributed by atoms with E-state index in [1.54, 1.807) is 19.1 Å². The number of rotatable bonds is 7. The standard InChI is InChI=1S/C22H22F5N3O4/c1-12-17(3-2-4-18(12)33-14-7-9-28-10-8-14)30-19(31)20(34-21(32)22(25,26)27)29-13-5-6-15(23)16(24)11-13/h2-6,11,14,20,28-29H,7-10H2,1H3,(H,30,31). The molecule has 1 atom stereocenters. The summed E-state index contributed by atoms with van der Waals surface area (Å²) in [7, 11) is 0. The summed E-state index contributed by atoms with van der Waals surface area (Å²) in [6.07, 6.45) is -6.06. The maximum Gasteiger partial charge on any atom is 0.491 e. The molecular formula is C22H22F5N3O4. The summed E-state index contributed by atoms with van der Waals surface area (Å²) in [5.74, 6) is -5.86. The minimum Gasteiger partial charge on any atom is -0.490 e. The number of carbonyl (C=O) groups is 2. The van der Waals surface area contributed by atoms with Crippen molar-refractivity contribution in [3.05, 3.63) is 53.6 Å². The fourth-order valence-electron chi connectivity index (χ4n) is 3.23. The molecule has 0 saturated carbocycles. The Kier molecular flexibility index (Phi) is 7.92. The minimum absolute atomic E-state index is 0.0403. The first-order chi connectivity index (χ1) is 16.0. The molecule has 1 aliphatic rings. The van der Waals surface area contributed by atoms with Gasteiger partial charge in [-0.05, 0) is 57.1 Å². The zero-order valence-electron chi connectivity index (χ0n) is 18.0. The Morgan fingerprint density at radius 2 is 1.79 bits per heavy atom. The van der Waals surface area contributed by atoms with Gasteiger partial charge >= 0.3 is 12.1 Å². The van der Waals surface area contributed by atoms with Gasteiger partial charge in [-0.25, -0.2) is 13.6 Å².